The van der Waals surface area contributed by atoms with E-state index in [1.807, 2.05) is 0 Å². The van der Waals surface area contributed by atoms with Crippen LogP contribution in [0.3, 0.4) is 0 Å². The van der Waals surface area contributed by atoms with E-state index in [2.05, 4.69) is 20.4 Å². The topological polar surface area (TPSA) is 85.3 Å². The third kappa shape index (κ3) is 5.03. The number of likely N-dealkylation sites (tertiary alicyclic amines) is 1. The molecular formula is C26H29NO6. The molecular weight excluding hydrogens is 422 g/mol. The molecule has 2 aromatic carbocycles. The summed E-state index contributed by atoms with van der Waals surface area (Å²) < 4.78 is 16.7. The summed E-state index contributed by atoms with van der Waals surface area (Å²) >= 11 is 0. The maximum atomic E-state index is 12.8. The Hall–Kier alpha value is -3.74. The monoisotopic (exact) mass is 451 g/mol. The molecule has 0 spiro atoms. The Morgan fingerprint density at radius 1 is 1.12 bits per heavy atom. The molecule has 1 fully saturated rings. The molecule has 33 heavy (non-hydrogen) atoms. The average Bonchev–Trinajstić information content (AvgIpc) is 3.05. The molecule has 1 heterocycles. The molecule has 1 aliphatic heterocycles. The minimum absolute atomic E-state index is 0.0140. The van der Waals surface area contributed by atoms with Gasteiger partial charge in [0.15, 0.2) is 11.5 Å². The Bertz CT molecular complexity index is 1070. The standard InChI is InChI=1S/C26H29NO6/c1-6-13-32-20-12-9-18(14-21(20)31-5)23-22(25(29)26(30)27(23)4)24(28)17-7-10-19(11-8-17)33-15-16(2)3/h6-12,14,16,23,28H,1,13,15H2,2-5H3/t23-/m0/s1. The fourth-order valence-corrected chi connectivity index (χ4v) is 3.59. The number of amides is 1. The second-order valence-corrected chi connectivity index (χ2v) is 8.15. The molecule has 1 saturated heterocycles. The van der Waals surface area contributed by atoms with Crippen molar-refractivity contribution in [3.63, 3.8) is 0 Å². The minimum Gasteiger partial charge on any atom is -0.507 e. The third-order valence-electron chi connectivity index (χ3n) is 5.25. The number of carbonyl (C=O) groups excluding carboxylic acids is 2. The number of methoxy groups -OCH3 is 1. The highest BCUT2D eigenvalue weighted by Crippen LogP contribution is 2.41. The van der Waals surface area contributed by atoms with Gasteiger partial charge in [-0.1, -0.05) is 32.6 Å². The molecule has 0 aromatic heterocycles. The highest BCUT2D eigenvalue weighted by Gasteiger charge is 2.44. The van der Waals surface area contributed by atoms with Crippen molar-refractivity contribution in [1.82, 2.24) is 4.90 Å². The number of aliphatic hydroxyl groups excluding tert-OH is 1. The van der Waals surface area contributed by atoms with Crippen molar-refractivity contribution in [2.75, 3.05) is 27.4 Å². The molecule has 0 unspecified atom stereocenters. The van der Waals surface area contributed by atoms with Gasteiger partial charge in [0, 0.05) is 12.6 Å². The van der Waals surface area contributed by atoms with Gasteiger partial charge in [0.2, 0.25) is 0 Å². The van der Waals surface area contributed by atoms with Gasteiger partial charge >= 0.3 is 0 Å². The van der Waals surface area contributed by atoms with Crippen LogP contribution in [0.1, 0.15) is 31.0 Å². The Morgan fingerprint density at radius 2 is 1.82 bits per heavy atom. The Kier molecular flexibility index (Phi) is 7.43. The SMILES string of the molecule is C=CCOc1ccc([C@H]2C(=C(O)c3ccc(OCC(C)C)cc3)C(=O)C(=O)N2C)cc1OC. The van der Waals surface area contributed by atoms with Crippen LogP contribution in [0.2, 0.25) is 0 Å². The lowest BCUT2D eigenvalue weighted by molar-refractivity contribution is -0.139. The van der Waals surface area contributed by atoms with E-state index in [0.29, 0.717) is 47.5 Å². The molecule has 1 aliphatic rings. The van der Waals surface area contributed by atoms with Crippen molar-refractivity contribution >= 4 is 17.4 Å². The van der Waals surface area contributed by atoms with Gasteiger partial charge in [-0.2, -0.15) is 0 Å². The summed E-state index contributed by atoms with van der Waals surface area (Å²) in [6.45, 7) is 8.61. The van der Waals surface area contributed by atoms with Gasteiger partial charge in [0.1, 0.15) is 18.1 Å². The smallest absolute Gasteiger partial charge is 0.295 e. The van der Waals surface area contributed by atoms with Gasteiger partial charge in [-0.3, -0.25) is 9.59 Å². The first-order valence-electron chi connectivity index (χ1n) is 10.7. The van der Waals surface area contributed by atoms with Crippen LogP contribution in [0.5, 0.6) is 17.2 Å². The van der Waals surface area contributed by atoms with Crippen molar-refractivity contribution < 1.29 is 28.9 Å². The van der Waals surface area contributed by atoms with Crippen LogP contribution in [0.25, 0.3) is 5.76 Å². The summed E-state index contributed by atoms with van der Waals surface area (Å²) in [7, 11) is 3.04. The van der Waals surface area contributed by atoms with E-state index in [4.69, 9.17) is 14.2 Å². The lowest BCUT2D eigenvalue weighted by atomic mass is 9.95. The van der Waals surface area contributed by atoms with Crippen LogP contribution < -0.4 is 14.2 Å². The molecule has 7 heteroatoms. The zero-order valence-electron chi connectivity index (χ0n) is 19.3. The maximum Gasteiger partial charge on any atom is 0.295 e. The number of hydrogen-bond donors (Lipinski definition) is 1. The molecule has 1 atom stereocenters. The van der Waals surface area contributed by atoms with Crippen molar-refractivity contribution in [1.29, 1.82) is 0 Å². The van der Waals surface area contributed by atoms with Crippen molar-refractivity contribution in [2.24, 2.45) is 5.92 Å². The predicted octanol–water partition coefficient (Wildman–Crippen LogP) is 4.35. The molecule has 0 saturated carbocycles. The lowest BCUT2D eigenvalue weighted by Crippen LogP contribution is -2.24. The Labute approximate surface area is 193 Å². The van der Waals surface area contributed by atoms with Gasteiger partial charge < -0.3 is 24.2 Å². The van der Waals surface area contributed by atoms with E-state index in [0.717, 1.165) is 0 Å². The first-order valence-corrected chi connectivity index (χ1v) is 10.7. The van der Waals surface area contributed by atoms with Crippen LogP contribution in [0.4, 0.5) is 0 Å². The number of hydrogen-bond acceptors (Lipinski definition) is 6. The first kappa shape index (κ1) is 23.9. The second kappa shape index (κ2) is 10.3. The molecule has 2 aromatic rings. The van der Waals surface area contributed by atoms with Gasteiger partial charge in [0.25, 0.3) is 11.7 Å². The van der Waals surface area contributed by atoms with E-state index in [1.165, 1.54) is 19.1 Å². The number of likely N-dealkylation sites (N-methyl/N-ethyl adjacent to an activating group) is 1. The zero-order valence-corrected chi connectivity index (χ0v) is 19.3. The Balaban J connectivity index is 2.00. The number of ketones is 1. The highest BCUT2D eigenvalue weighted by molar-refractivity contribution is 6.46. The summed E-state index contributed by atoms with van der Waals surface area (Å²) in [5.41, 5.74) is 1.04. The number of aliphatic hydroxyl groups is 1. The second-order valence-electron chi connectivity index (χ2n) is 8.15. The van der Waals surface area contributed by atoms with Crippen molar-refractivity contribution in [2.45, 2.75) is 19.9 Å². The maximum absolute atomic E-state index is 12.8. The van der Waals surface area contributed by atoms with Gasteiger partial charge in [-0.05, 0) is 47.9 Å². The van der Waals surface area contributed by atoms with E-state index in [9.17, 15) is 14.7 Å². The van der Waals surface area contributed by atoms with Gasteiger partial charge in [0.05, 0.1) is 25.3 Å². The molecule has 3 rings (SSSR count). The first-order chi connectivity index (χ1) is 15.8. The zero-order chi connectivity index (χ0) is 24.1. The number of carbonyl (C=O) groups is 2. The van der Waals surface area contributed by atoms with Crippen LogP contribution in [-0.2, 0) is 9.59 Å². The summed E-state index contributed by atoms with van der Waals surface area (Å²) in [6, 6.07) is 11.1. The fraction of sp³-hybridized carbons (Fsp3) is 0.308. The molecule has 0 aliphatic carbocycles. The van der Waals surface area contributed by atoms with Gasteiger partial charge in [-0.15, -0.1) is 0 Å². The number of nitrogens with zero attached hydrogens (tertiary/aromatic N) is 1. The van der Waals surface area contributed by atoms with E-state index >= 15 is 0 Å². The molecule has 0 bridgehead atoms. The summed E-state index contributed by atoms with van der Waals surface area (Å²) in [6.07, 6.45) is 1.62. The van der Waals surface area contributed by atoms with Crippen LogP contribution in [-0.4, -0.2) is 49.1 Å². The summed E-state index contributed by atoms with van der Waals surface area (Å²) in [5, 5.41) is 11.0. The normalized spacial score (nSPS) is 17.4. The number of Topliss-reactive ketones (excluding diaryl/α,β-unsaturated/α-hetero) is 1. The molecule has 7 nitrogen and oxygen atoms in total. The van der Waals surface area contributed by atoms with E-state index in [1.54, 1.807) is 48.5 Å². The third-order valence-corrected chi connectivity index (χ3v) is 5.25. The molecule has 1 N–H and O–H groups in total. The molecule has 1 amide bonds. The van der Waals surface area contributed by atoms with Crippen molar-refractivity contribution in [3.05, 3.63) is 71.8 Å². The fourth-order valence-electron chi connectivity index (χ4n) is 3.59. The largest absolute Gasteiger partial charge is 0.507 e. The summed E-state index contributed by atoms with van der Waals surface area (Å²) in [5.74, 6) is 0.308. The van der Waals surface area contributed by atoms with Gasteiger partial charge in [-0.25, -0.2) is 0 Å². The van der Waals surface area contributed by atoms with E-state index in [-0.39, 0.29) is 11.3 Å². The predicted molar refractivity (Wildman–Crippen MR) is 126 cm³/mol. The molecule has 174 valence electrons. The average molecular weight is 452 g/mol. The highest BCUT2D eigenvalue weighted by atomic mass is 16.5. The summed E-state index contributed by atoms with van der Waals surface area (Å²) in [4.78, 5) is 26.7. The Morgan fingerprint density at radius 3 is 2.42 bits per heavy atom. The number of benzene rings is 2. The quantitative estimate of drug-likeness (QED) is 0.264. The van der Waals surface area contributed by atoms with Crippen molar-refractivity contribution in [3.8, 4) is 17.2 Å². The number of ether oxygens (including phenoxy) is 3. The van der Waals surface area contributed by atoms with Crippen LogP contribution in [0.15, 0.2) is 60.7 Å². The minimum atomic E-state index is -0.774. The van der Waals surface area contributed by atoms with Crippen LogP contribution in [0, 0.1) is 5.92 Å². The van der Waals surface area contributed by atoms with E-state index < -0.39 is 17.7 Å². The number of rotatable bonds is 9. The molecule has 0 radical (unpaired) electrons. The van der Waals surface area contributed by atoms with Crippen LogP contribution >= 0.6 is 0 Å². The lowest BCUT2D eigenvalue weighted by Gasteiger charge is -2.22.